The molecule has 0 aliphatic carbocycles. The summed E-state index contributed by atoms with van der Waals surface area (Å²) in [6.07, 6.45) is 0. The highest BCUT2D eigenvalue weighted by molar-refractivity contribution is 8.00. The van der Waals surface area contributed by atoms with Gasteiger partial charge in [-0.05, 0) is 28.4 Å². The lowest BCUT2D eigenvalue weighted by molar-refractivity contribution is -0.129. The Kier molecular flexibility index (Phi) is 6.26. The molecular weight excluding hydrogens is 388 g/mol. The number of nitrogens with one attached hydrogen (secondary N) is 2. The first kappa shape index (κ1) is 20.7. The van der Waals surface area contributed by atoms with E-state index in [1.165, 1.54) is 0 Å². The largest absolute Gasteiger partial charge is 0.341 e. The maximum Gasteiger partial charge on any atom is 0.241 e. The number of carbonyl (C=O) groups excluding carboxylic acids is 1. The number of carbonyl (C=O) groups is 1. The summed E-state index contributed by atoms with van der Waals surface area (Å²) in [4.78, 5) is 12.7. The maximum absolute atomic E-state index is 12.7. The van der Waals surface area contributed by atoms with E-state index in [1.807, 2.05) is 30.0 Å². The average molecular weight is 417 g/mol. The number of β-lactam (4-membered cyclic amide) rings is 1. The lowest BCUT2D eigenvalue weighted by Gasteiger charge is -2.45. The molecule has 0 bridgehead atoms. The summed E-state index contributed by atoms with van der Waals surface area (Å²) in [6, 6.07) is 31.0. The van der Waals surface area contributed by atoms with Crippen molar-refractivity contribution >= 4 is 17.7 Å². The highest BCUT2D eigenvalue weighted by Crippen LogP contribution is 2.39. The van der Waals surface area contributed by atoms with Gasteiger partial charge >= 0.3 is 0 Å². The van der Waals surface area contributed by atoms with Gasteiger partial charge in [0.1, 0.15) is 6.04 Å². The topological polar surface area (TPSA) is 41.1 Å². The van der Waals surface area contributed by atoms with Crippen molar-refractivity contribution in [1.29, 1.82) is 0 Å². The molecule has 3 aromatic rings. The Balaban J connectivity index is 1.82. The van der Waals surface area contributed by atoms with E-state index in [1.54, 1.807) is 0 Å². The monoisotopic (exact) mass is 416 g/mol. The molecule has 1 amide bonds. The Morgan fingerprint density at radius 3 is 1.63 bits per heavy atom. The lowest BCUT2D eigenvalue weighted by atomic mass is 9.76. The van der Waals surface area contributed by atoms with Crippen LogP contribution < -0.4 is 10.6 Å². The van der Waals surface area contributed by atoms with Gasteiger partial charge in [0.25, 0.3) is 0 Å². The van der Waals surface area contributed by atoms with E-state index in [4.69, 9.17) is 0 Å². The third-order valence-corrected chi connectivity index (χ3v) is 7.08. The highest BCUT2D eigenvalue weighted by Gasteiger charge is 2.47. The minimum absolute atomic E-state index is 0.0587. The molecule has 1 aliphatic heterocycles. The predicted octanol–water partition coefficient (Wildman–Crippen LogP) is 4.78. The first-order valence-electron chi connectivity index (χ1n) is 10.5. The van der Waals surface area contributed by atoms with Gasteiger partial charge in [-0.15, -0.1) is 11.8 Å². The minimum atomic E-state index is -0.622. The van der Waals surface area contributed by atoms with Crippen LogP contribution in [0.25, 0.3) is 0 Å². The average Bonchev–Trinajstić information content (AvgIpc) is 2.79. The molecule has 0 spiro atoms. The summed E-state index contributed by atoms with van der Waals surface area (Å²) in [5.74, 6) is 1.65. The van der Waals surface area contributed by atoms with Gasteiger partial charge in [0.05, 0.1) is 10.9 Å². The summed E-state index contributed by atoms with van der Waals surface area (Å²) in [5.41, 5.74) is 2.74. The molecule has 3 nitrogen and oxygen atoms in total. The molecule has 0 radical (unpaired) electrons. The van der Waals surface area contributed by atoms with Crippen LogP contribution in [-0.2, 0) is 10.3 Å². The van der Waals surface area contributed by atoms with Gasteiger partial charge in [-0.2, -0.15) is 0 Å². The van der Waals surface area contributed by atoms with E-state index < -0.39 is 5.54 Å². The fourth-order valence-electron chi connectivity index (χ4n) is 3.98. The van der Waals surface area contributed by atoms with Crippen molar-refractivity contribution in [3.63, 3.8) is 0 Å². The molecule has 1 aliphatic rings. The summed E-state index contributed by atoms with van der Waals surface area (Å²) in [7, 11) is 0. The quantitative estimate of drug-likeness (QED) is 0.410. The van der Waals surface area contributed by atoms with Crippen LogP contribution in [0.4, 0.5) is 0 Å². The molecule has 4 heteroatoms. The zero-order valence-electron chi connectivity index (χ0n) is 17.4. The Morgan fingerprint density at radius 2 is 1.27 bits per heavy atom. The summed E-state index contributed by atoms with van der Waals surface area (Å²) in [5, 5.41) is 6.96. The van der Waals surface area contributed by atoms with Crippen molar-refractivity contribution in [3.05, 3.63) is 108 Å². The summed E-state index contributed by atoms with van der Waals surface area (Å²) < 4.78 is 0. The fraction of sp³-hybridized carbons (Fsp3) is 0.269. The molecule has 2 atom stereocenters. The molecule has 1 saturated heterocycles. The Morgan fingerprint density at radius 1 is 0.833 bits per heavy atom. The molecular formula is C26H28N2OS. The molecule has 30 heavy (non-hydrogen) atoms. The van der Waals surface area contributed by atoms with Crippen molar-refractivity contribution in [2.75, 3.05) is 5.75 Å². The van der Waals surface area contributed by atoms with Gasteiger partial charge in [-0.25, -0.2) is 0 Å². The Hall–Kier alpha value is -2.56. The molecule has 0 saturated carbocycles. The first-order chi connectivity index (χ1) is 14.6. The minimum Gasteiger partial charge on any atom is -0.341 e. The van der Waals surface area contributed by atoms with Crippen LogP contribution in [0.5, 0.6) is 0 Å². The van der Waals surface area contributed by atoms with Crippen LogP contribution in [-0.4, -0.2) is 23.1 Å². The van der Waals surface area contributed by atoms with E-state index in [9.17, 15) is 4.79 Å². The number of thioether (sulfide) groups is 1. The second-order valence-electron chi connectivity index (χ2n) is 8.13. The van der Waals surface area contributed by atoms with Crippen LogP contribution in [0.15, 0.2) is 91.0 Å². The van der Waals surface area contributed by atoms with Gasteiger partial charge in [0.2, 0.25) is 5.91 Å². The fourth-order valence-corrected chi connectivity index (χ4v) is 5.15. The highest BCUT2D eigenvalue weighted by atomic mass is 32.2. The first-order valence-corrected chi connectivity index (χ1v) is 11.5. The van der Waals surface area contributed by atoms with E-state index in [2.05, 4.69) is 97.3 Å². The SMILES string of the molecule is CC(C)CS[C@H]1NC(=O)[C@H]1NC(c1ccccc1)(c1ccccc1)c1ccccc1. The van der Waals surface area contributed by atoms with Gasteiger partial charge in [0, 0.05) is 0 Å². The van der Waals surface area contributed by atoms with Crippen LogP contribution in [0.3, 0.4) is 0 Å². The van der Waals surface area contributed by atoms with E-state index >= 15 is 0 Å². The lowest BCUT2D eigenvalue weighted by Crippen LogP contribution is -2.70. The standard InChI is InChI=1S/C26H28N2OS/c1-19(2)18-30-25-23(24(29)27-25)28-26(20-12-6-3-7-13-20,21-14-8-4-9-15-21)22-16-10-5-11-17-22/h3-17,19,23,25,28H,18H2,1-2H3,(H,27,29)/t23-,25-/m1/s1. The van der Waals surface area contributed by atoms with Crippen LogP contribution >= 0.6 is 11.8 Å². The maximum atomic E-state index is 12.7. The predicted molar refractivity (Wildman–Crippen MR) is 125 cm³/mol. The third kappa shape index (κ3) is 4.03. The van der Waals surface area contributed by atoms with E-state index in [-0.39, 0.29) is 17.3 Å². The van der Waals surface area contributed by atoms with E-state index in [0.717, 1.165) is 22.4 Å². The summed E-state index contributed by atoms with van der Waals surface area (Å²) >= 11 is 1.81. The third-order valence-electron chi connectivity index (χ3n) is 5.47. The number of amides is 1. The van der Waals surface area contributed by atoms with Crippen molar-refractivity contribution in [3.8, 4) is 0 Å². The Labute approximate surface area is 183 Å². The zero-order valence-corrected chi connectivity index (χ0v) is 18.2. The van der Waals surface area contributed by atoms with Crippen LogP contribution in [0, 0.1) is 5.92 Å². The molecule has 0 aromatic heterocycles. The van der Waals surface area contributed by atoms with Crippen molar-refractivity contribution in [2.45, 2.75) is 30.8 Å². The summed E-state index contributed by atoms with van der Waals surface area (Å²) in [6.45, 7) is 4.41. The second-order valence-corrected chi connectivity index (χ2v) is 9.30. The molecule has 4 rings (SSSR count). The van der Waals surface area contributed by atoms with Crippen molar-refractivity contribution in [1.82, 2.24) is 10.6 Å². The van der Waals surface area contributed by atoms with Crippen molar-refractivity contribution in [2.24, 2.45) is 5.92 Å². The number of hydrogen-bond acceptors (Lipinski definition) is 3. The van der Waals surface area contributed by atoms with Gasteiger partial charge in [0.15, 0.2) is 0 Å². The second kappa shape index (κ2) is 9.07. The van der Waals surface area contributed by atoms with Gasteiger partial charge in [-0.3, -0.25) is 10.1 Å². The zero-order chi connectivity index (χ0) is 21.0. The molecule has 2 N–H and O–H groups in total. The van der Waals surface area contributed by atoms with E-state index in [0.29, 0.717) is 5.92 Å². The molecule has 0 unspecified atom stereocenters. The molecule has 1 fully saturated rings. The number of hydrogen-bond donors (Lipinski definition) is 2. The van der Waals surface area contributed by atoms with Gasteiger partial charge < -0.3 is 5.32 Å². The van der Waals surface area contributed by atoms with Crippen molar-refractivity contribution < 1.29 is 4.79 Å². The molecule has 3 aromatic carbocycles. The number of benzene rings is 3. The van der Waals surface area contributed by atoms with Crippen LogP contribution in [0.2, 0.25) is 0 Å². The normalized spacial score (nSPS) is 18.7. The smallest absolute Gasteiger partial charge is 0.241 e. The van der Waals surface area contributed by atoms with Crippen LogP contribution in [0.1, 0.15) is 30.5 Å². The molecule has 154 valence electrons. The Bertz CT molecular complexity index is 863. The number of rotatable bonds is 8. The van der Waals surface area contributed by atoms with Gasteiger partial charge in [-0.1, -0.05) is 105 Å². The molecule has 1 heterocycles.